The summed E-state index contributed by atoms with van der Waals surface area (Å²) in [5.74, 6) is 0. The Balaban J connectivity index is 2.38. The number of pyridine rings is 1. The van der Waals surface area contributed by atoms with Gasteiger partial charge in [0.1, 0.15) is 0 Å². The Morgan fingerprint density at radius 2 is 2.18 bits per heavy atom. The zero-order valence-electron chi connectivity index (χ0n) is 9.04. The number of rotatable bonds is 4. The molecule has 2 N–H and O–H groups in total. The van der Waals surface area contributed by atoms with Gasteiger partial charge in [-0.1, -0.05) is 0 Å². The van der Waals surface area contributed by atoms with Gasteiger partial charge in [0.15, 0.2) is 5.03 Å². The molecule has 0 atom stereocenters. The number of nitrogens with zero attached hydrogens (tertiary/aromatic N) is 1. The van der Waals surface area contributed by atoms with Gasteiger partial charge in [0.05, 0.1) is 11.4 Å². The number of anilines is 2. The number of nitrogens with one attached hydrogen (secondary N) is 2. The van der Waals surface area contributed by atoms with Gasteiger partial charge in [-0.15, -0.1) is 0 Å². The average molecular weight is 269 g/mol. The van der Waals surface area contributed by atoms with Crippen molar-refractivity contribution in [3.05, 3.63) is 35.2 Å². The highest BCUT2D eigenvalue weighted by molar-refractivity contribution is 7.92. The van der Waals surface area contributed by atoms with Gasteiger partial charge in [-0.25, -0.2) is 4.98 Å². The van der Waals surface area contributed by atoms with Crippen LogP contribution in [0.4, 0.5) is 11.4 Å². The highest BCUT2D eigenvalue weighted by Gasteiger charge is 2.19. The van der Waals surface area contributed by atoms with Crippen molar-refractivity contribution in [1.82, 2.24) is 4.98 Å². The maximum absolute atomic E-state index is 12.1. The van der Waals surface area contributed by atoms with Gasteiger partial charge in [-0.2, -0.15) is 19.8 Å². The molecule has 2 rings (SSSR count). The summed E-state index contributed by atoms with van der Waals surface area (Å²) >= 11 is 1.42. The quantitative estimate of drug-likeness (QED) is 0.890. The van der Waals surface area contributed by atoms with E-state index >= 15 is 0 Å². The van der Waals surface area contributed by atoms with Crippen LogP contribution in [0.1, 0.15) is 0 Å². The summed E-state index contributed by atoms with van der Waals surface area (Å²) in [4.78, 5) is 3.89. The molecule has 0 saturated heterocycles. The number of thiophene rings is 1. The van der Waals surface area contributed by atoms with Crippen LogP contribution in [0.15, 0.2) is 40.2 Å². The zero-order valence-corrected chi connectivity index (χ0v) is 10.7. The van der Waals surface area contributed by atoms with Crippen LogP contribution in [0.3, 0.4) is 0 Å². The Kier molecular flexibility index (Phi) is 3.30. The predicted molar refractivity (Wildman–Crippen MR) is 68.9 cm³/mol. The molecular weight excluding hydrogens is 258 g/mol. The molecule has 2 aromatic heterocycles. The summed E-state index contributed by atoms with van der Waals surface area (Å²) in [6.45, 7) is 0. The minimum absolute atomic E-state index is 0.00583. The van der Waals surface area contributed by atoms with E-state index in [4.69, 9.17) is 0 Å². The third-order valence-corrected chi connectivity index (χ3v) is 4.09. The largest absolute Gasteiger partial charge is 0.386 e. The van der Waals surface area contributed by atoms with E-state index in [1.807, 2.05) is 0 Å². The topological polar surface area (TPSA) is 71.1 Å². The highest BCUT2D eigenvalue weighted by atomic mass is 32.2. The molecule has 0 aliphatic heterocycles. The Morgan fingerprint density at radius 1 is 1.35 bits per heavy atom. The van der Waals surface area contributed by atoms with Crippen molar-refractivity contribution in [2.45, 2.75) is 5.03 Å². The molecule has 0 radical (unpaired) electrons. The number of hydrogen-bond acceptors (Lipinski definition) is 5. The SMILES string of the molecule is CNc1cccnc1S(=O)(=O)Nc1ccsc1. The summed E-state index contributed by atoms with van der Waals surface area (Å²) in [6.07, 6.45) is 1.45. The standard InChI is InChI=1S/C10H11N3O2S2/c1-11-9-3-2-5-12-10(9)17(14,15)13-8-4-6-16-7-8/h2-7,11,13H,1H3. The van der Waals surface area contributed by atoms with Crippen LogP contribution in [0.5, 0.6) is 0 Å². The summed E-state index contributed by atoms with van der Waals surface area (Å²) in [6, 6.07) is 5.04. The highest BCUT2D eigenvalue weighted by Crippen LogP contribution is 2.21. The lowest BCUT2D eigenvalue weighted by atomic mass is 10.4. The monoisotopic (exact) mass is 269 g/mol. The fourth-order valence-electron chi connectivity index (χ4n) is 1.32. The lowest BCUT2D eigenvalue weighted by Crippen LogP contribution is -2.15. The molecule has 0 aromatic carbocycles. The van der Waals surface area contributed by atoms with Gasteiger partial charge in [-0.3, -0.25) is 4.72 Å². The van der Waals surface area contributed by atoms with Gasteiger partial charge in [0, 0.05) is 18.6 Å². The van der Waals surface area contributed by atoms with Gasteiger partial charge < -0.3 is 5.32 Å². The van der Waals surface area contributed by atoms with Crippen molar-refractivity contribution in [3.8, 4) is 0 Å². The second-order valence-corrected chi connectivity index (χ2v) is 5.60. The van der Waals surface area contributed by atoms with E-state index in [1.165, 1.54) is 17.5 Å². The molecule has 0 bridgehead atoms. The van der Waals surface area contributed by atoms with Crippen LogP contribution in [0.2, 0.25) is 0 Å². The van der Waals surface area contributed by atoms with Crippen molar-refractivity contribution < 1.29 is 8.42 Å². The van der Waals surface area contributed by atoms with E-state index in [-0.39, 0.29) is 5.03 Å². The molecule has 5 nitrogen and oxygen atoms in total. The molecule has 0 unspecified atom stereocenters. The first-order chi connectivity index (χ1) is 8.13. The van der Waals surface area contributed by atoms with Crippen molar-refractivity contribution in [3.63, 3.8) is 0 Å². The zero-order chi connectivity index (χ0) is 12.3. The molecule has 0 saturated carbocycles. The van der Waals surface area contributed by atoms with Gasteiger partial charge in [0.2, 0.25) is 0 Å². The van der Waals surface area contributed by atoms with Gasteiger partial charge in [0.25, 0.3) is 10.0 Å². The molecule has 2 aromatic rings. The third kappa shape index (κ3) is 2.56. The Hall–Kier alpha value is -1.60. The smallest absolute Gasteiger partial charge is 0.281 e. The molecule has 0 aliphatic carbocycles. The fraction of sp³-hybridized carbons (Fsp3) is 0.100. The molecule has 7 heteroatoms. The minimum Gasteiger partial charge on any atom is -0.386 e. The third-order valence-electron chi connectivity index (χ3n) is 2.07. The maximum atomic E-state index is 12.1. The fourth-order valence-corrected chi connectivity index (χ4v) is 3.18. The van der Waals surface area contributed by atoms with Crippen molar-refractivity contribution in [2.75, 3.05) is 17.1 Å². The first-order valence-electron chi connectivity index (χ1n) is 4.81. The van der Waals surface area contributed by atoms with Gasteiger partial charge >= 0.3 is 0 Å². The Bertz CT molecular complexity index is 594. The van der Waals surface area contributed by atoms with E-state index in [0.717, 1.165) is 0 Å². The summed E-state index contributed by atoms with van der Waals surface area (Å²) in [5.41, 5.74) is 1.01. The second-order valence-electron chi connectivity index (χ2n) is 3.22. The first-order valence-corrected chi connectivity index (χ1v) is 7.24. The predicted octanol–water partition coefficient (Wildman–Crippen LogP) is 1.99. The Morgan fingerprint density at radius 3 is 2.82 bits per heavy atom. The van der Waals surface area contributed by atoms with Crippen LogP contribution >= 0.6 is 11.3 Å². The summed E-state index contributed by atoms with van der Waals surface area (Å²) in [5, 5.41) is 6.32. The molecule has 17 heavy (non-hydrogen) atoms. The molecule has 0 spiro atoms. The normalized spacial score (nSPS) is 11.1. The average Bonchev–Trinajstić information content (AvgIpc) is 2.81. The first kappa shape index (κ1) is 11.9. The molecule has 2 heterocycles. The summed E-state index contributed by atoms with van der Waals surface area (Å²) < 4.78 is 26.6. The van der Waals surface area contributed by atoms with Crippen molar-refractivity contribution in [1.29, 1.82) is 0 Å². The van der Waals surface area contributed by atoms with E-state index in [9.17, 15) is 8.42 Å². The minimum atomic E-state index is -3.64. The Labute approximate surface area is 104 Å². The number of sulfonamides is 1. The van der Waals surface area contributed by atoms with E-state index in [0.29, 0.717) is 11.4 Å². The van der Waals surface area contributed by atoms with Crippen molar-refractivity contribution >= 4 is 32.7 Å². The number of aromatic nitrogens is 1. The second kappa shape index (κ2) is 4.72. The lowest BCUT2D eigenvalue weighted by molar-refractivity contribution is 0.598. The van der Waals surface area contributed by atoms with E-state index in [2.05, 4.69) is 15.0 Å². The summed E-state index contributed by atoms with van der Waals surface area (Å²) in [7, 11) is -1.99. The molecule has 0 aliphatic rings. The van der Waals surface area contributed by atoms with E-state index < -0.39 is 10.0 Å². The number of hydrogen-bond donors (Lipinski definition) is 2. The lowest BCUT2D eigenvalue weighted by Gasteiger charge is -2.09. The van der Waals surface area contributed by atoms with Crippen LogP contribution in [-0.4, -0.2) is 20.4 Å². The van der Waals surface area contributed by atoms with Crippen LogP contribution in [-0.2, 0) is 10.0 Å². The van der Waals surface area contributed by atoms with E-state index in [1.54, 1.807) is 36.0 Å². The van der Waals surface area contributed by atoms with Crippen LogP contribution < -0.4 is 10.0 Å². The van der Waals surface area contributed by atoms with Crippen molar-refractivity contribution in [2.24, 2.45) is 0 Å². The molecular formula is C10H11N3O2S2. The van der Waals surface area contributed by atoms with Crippen LogP contribution in [0.25, 0.3) is 0 Å². The molecule has 0 fully saturated rings. The molecule has 90 valence electrons. The molecule has 0 amide bonds. The van der Waals surface area contributed by atoms with Gasteiger partial charge in [-0.05, 0) is 23.6 Å². The van der Waals surface area contributed by atoms with Crippen LogP contribution in [0, 0.1) is 0 Å². The maximum Gasteiger partial charge on any atom is 0.281 e.